The van der Waals surface area contributed by atoms with E-state index in [4.69, 9.17) is 13.9 Å². The van der Waals surface area contributed by atoms with Crippen LogP contribution in [0.1, 0.15) is 36.4 Å². The lowest BCUT2D eigenvalue weighted by molar-refractivity contribution is 0.181. The number of benzene rings is 1. The van der Waals surface area contributed by atoms with E-state index in [0.717, 1.165) is 40.1 Å². The summed E-state index contributed by atoms with van der Waals surface area (Å²) in [6, 6.07) is 7.49. The van der Waals surface area contributed by atoms with Crippen LogP contribution in [0.15, 0.2) is 33.5 Å². The molecule has 3 rings (SSSR count). The molecule has 2 heterocycles. The van der Waals surface area contributed by atoms with Crippen molar-refractivity contribution in [3.8, 4) is 5.75 Å². The molecule has 1 aromatic carbocycles. The first kappa shape index (κ1) is 20.1. The molecule has 0 aliphatic carbocycles. The predicted molar refractivity (Wildman–Crippen MR) is 108 cm³/mol. The zero-order valence-electron chi connectivity index (χ0n) is 16.8. The van der Waals surface area contributed by atoms with Crippen LogP contribution >= 0.6 is 0 Å². The summed E-state index contributed by atoms with van der Waals surface area (Å²) in [6.45, 7) is 7.67. The maximum atomic E-state index is 11.8. The van der Waals surface area contributed by atoms with Crippen LogP contribution in [0.4, 0.5) is 0 Å². The van der Waals surface area contributed by atoms with E-state index >= 15 is 0 Å². The number of methoxy groups -OCH3 is 1. The van der Waals surface area contributed by atoms with E-state index < -0.39 is 0 Å². The molecular formula is C21H27N3O4. The van der Waals surface area contributed by atoms with E-state index in [1.165, 1.54) is 0 Å². The lowest BCUT2D eigenvalue weighted by atomic mass is 10.0. The van der Waals surface area contributed by atoms with E-state index in [1.807, 2.05) is 32.0 Å². The van der Waals surface area contributed by atoms with Crippen molar-refractivity contribution in [1.29, 1.82) is 0 Å². The quantitative estimate of drug-likeness (QED) is 0.550. The summed E-state index contributed by atoms with van der Waals surface area (Å²) < 4.78 is 16.6. The number of ether oxygens (including phenoxy) is 2. The molecule has 3 aromatic rings. The number of aryl methyl sites for hydroxylation is 2. The molecule has 7 heteroatoms. The Morgan fingerprint density at radius 2 is 2.11 bits per heavy atom. The number of hydrogen-bond donors (Lipinski definition) is 2. The molecule has 0 aliphatic rings. The van der Waals surface area contributed by atoms with Gasteiger partial charge in [0.25, 0.3) is 0 Å². The van der Waals surface area contributed by atoms with Crippen LogP contribution in [-0.4, -0.2) is 30.0 Å². The molecule has 0 saturated carbocycles. The third-order valence-corrected chi connectivity index (χ3v) is 4.52. The highest BCUT2D eigenvalue weighted by Crippen LogP contribution is 2.30. The molecular weight excluding hydrogens is 358 g/mol. The predicted octanol–water partition coefficient (Wildman–Crippen LogP) is 3.09. The van der Waals surface area contributed by atoms with Crippen molar-refractivity contribution in [2.45, 2.75) is 46.4 Å². The summed E-state index contributed by atoms with van der Waals surface area (Å²) in [5, 5.41) is 11.5. The van der Waals surface area contributed by atoms with E-state index in [9.17, 15) is 4.79 Å². The second-order valence-corrected chi connectivity index (χ2v) is 6.99. The molecule has 0 radical (unpaired) electrons. The summed E-state index contributed by atoms with van der Waals surface area (Å²) in [7, 11) is 1.66. The molecule has 0 spiro atoms. The minimum Gasteiger partial charge on any atom is -0.491 e. The number of fused-ring (bicyclic) bond motifs is 1. The van der Waals surface area contributed by atoms with Gasteiger partial charge in [-0.2, -0.15) is 5.10 Å². The van der Waals surface area contributed by atoms with E-state index in [0.29, 0.717) is 25.3 Å². The minimum atomic E-state index is -0.331. The van der Waals surface area contributed by atoms with Crippen molar-refractivity contribution in [1.82, 2.24) is 15.5 Å². The Balaban J connectivity index is 1.67. The van der Waals surface area contributed by atoms with Gasteiger partial charge in [-0.05, 0) is 49.6 Å². The normalized spacial score (nSPS) is 12.4. The van der Waals surface area contributed by atoms with Gasteiger partial charge in [-0.3, -0.25) is 5.10 Å². The Bertz CT molecular complexity index is 993. The largest absolute Gasteiger partial charge is 0.491 e. The Labute approximate surface area is 164 Å². The zero-order chi connectivity index (χ0) is 20.1. The molecule has 2 aromatic heterocycles. The summed E-state index contributed by atoms with van der Waals surface area (Å²) in [5.41, 5.74) is 4.04. The van der Waals surface area contributed by atoms with Crippen molar-refractivity contribution < 1.29 is 13.9 Å². The van der Waals surface area contributed by atoms with Crippen LogP contribution in [0.5, 0.6) is 5.75 Å². The van der Waals surface area contributed by atoms with E-state index in [-0.39, 0.29) is 11.7 Å². The highest BCUT2D eigenvalue weighted by molar-refractivity contribution is 5.87. The SMILES string of the molecule is CCc1cc(=O)oc2cc(C)cc(OCC(C)NCc3cc(COC)[nH]n3)c12. The number of aromatic amines is 1. The van der Waals surface area contributed by atoms with E-state index in [1.54, 1.807) is 13.2 Å². The first-order valence-corrected chi connectivity index (χ1v) is 9.45. The molecule has 0 saturated heterocycles. The van der Waals surface area contributed by atoms with Crippen molar-refractivity contribution in [3.05, 3.63) is 57.2 Å². The number of H-pyrrole nitrogens is 1. The summed E-state index contributed by atoms with van der Waals surface area (Å²) in [5.74, 6) is 0.742. The third kappa shape index (κ3) is 4.79. The van der Waals surface area contributed by atoms with Crippen molar-refractivity contribution in [2.24, 2.45) is 0 Å². The van der Waals surface area contributed by atoms with Crippen LogP contribution in [0.25, 0.3) is 11.0 Å². The van der Waals surface area contributed by atoms with Gasteiger partial charge in [0.05, 0.1) is 23.4 Å². The monoisotopic (exact) mass is 385 g/mol. The average molecular weight is 385 g/mol. The van der Waals surface area contributed by atoms with Crippen molar-refractivity contribution >= 4 is 11.0 Å². The van der Waals surface area contributed by atoms with Gasteiger partial charge in [0.15, 0.2) is 0 Å². The molecule has 1 atom stereocenters. The fraction of sp³-hybridized carbons (Fsp3) is 0.429. The summed E-state index contributed by atoms with van der Waals surface area (Å²) >= 11 is 0. The number of hydrogen-bond acceptors (Lipinski definition) is 6. The van der Waals surface area contributed by atoms with Gasteiger partial charge in [-0.1, -0.05) is 6.92 Å². The standard InChI is InChI=1S/C21H27N3O4/c1-5-15-8-20(25)28-19-7-13(2)6-18(21(15)19)27-11-14(3)22-10-16-9-17(12-26-4)24-23-16/h6-9,14,22H,5,10-12H2,1-4H3,(H,23,24). The Morgan fingerprint density at radius 3 is 2.86 bits per heavy atom. The average Bonchev–Trinajstić information content (AvgIpc) is 3.11. The number of aromatic nitrogens is 2. The highest BCUT2D eigenvalue weighted by Gasteiger charge is 2.13. The van der Waals surface area contributed by atoms with Gasteiger partial charge in [-0.25, -0.2) is 4.79 Å². The number of nitrogens with one attached hydrogen (secondary N) is 2. The third-order valence-electron chi connectivity index (χ3n) is 4.52. The lowest BCUT2D eigenvalue weighted by Crippen LogP contribution is -2.31. The molecule has 2 N–H and O–H groups in total. The highest BCUT2D eigenvalue weighted by atomic mass is 16.5. The zero-order valence-corrected chi connectivity index (χ0v) is 16.8. The molecule has 150 valence electrons. The molecule has 28 heavy (non-hydrogen) atoms. The fourth-order valence-electron chi connectivity index (χ4n) is 3.14. The van der Waals surface area contributed by atoms with Gasteiger partial charge in [0, 0.05) is 25.8 Å². The number of rotatable bonds is 9. The Morgan fingerprint density at radius 1 is 1.29 bits per heavy atom. The first-order valence-electron chi connectivity index (χ1n) is 9.45. The molecule has 0 aliphatic heterocycles. The van der Waals surface area contributed by atoms with Crippen molar-refractivity contribution in [2.75, 3.05) is 13.7 Å². The Kier molecular flexibility index (Phi) is 6.49. The van der Waals surface area contributed by atoms with Crippen LogP contribution in [0, 0.1) is 6.92 Å². The van der Waals surface area contributed by atoms with Gasteiger partial charge >= 0.3 is 5.63 Å². The van der Waals surface area contributed by atoms with Gasteiger partial charge < -0.3 is 19.2 Å². The topological polar surface area (TPSA) is 89.4 Å². The number of nitrogens with zero attached hydrogens (tertiary/aromatic N) is 1. The van der Waals surface area contributed by atoms with Crippen LogP contribution < -0.4 is 15.7 Å². The maximum Gasteiger partial charge on any atom is 0.336 e. The van der Waals surface area contributed by atoms with Crippen LogP contribution in [-0.2, 0) is 24.3 Å². The molecule has 7 nitrogen and oxygen atoms in total. The smallest absolute Gasteiger partial charge is 0.336 e. The summed E-state index contributed by atoms with van der Waals surface area (Å²) in [4.78, 5) is 11.8. The first-order chi connectivity index (χ1) is 13.5. The molecule has 1 unspecified atom stereocenters. The molecule has 0 fully saturated rings. The van der Waals surface area contributed by atoms with Crippen molar-refractivity contribution in [3.63, 3.8) is 0 Å². The second kappa shape index (κ2) is 9.03. The minimum absolute atomic E-state index is 0.110. The Hall–Kier alpha value is -2.64. The van der Waals surface area contributed by atoms with Gasteiger partial charge in [-0.15, -0.1) is 0 Å². The van der Waals surface area contributed by atoms with Crippen LogP contribution in [0.2, 0.25) is 0 Å². The van der Waals surface area contributed by atoms with Crippen LogP contribution in [0.3, 0.4) is 0 Å². The second-order valence-electron chi connectivity index (χ2n) is 6.99. The van der Waals surface area contributed by atoms with E-state index in [2.05, 4.69) is 22.4 Å². The molecule has 0 bridgehead atoms. The molecule has 0 amide bonds. The van der Waals surface area contributed by atoms with Gasteiger partial charge in [0.1, 0.15) is 17.9 Å². The maximum absolute atomic E-state index is 11.8. The summed E-state index contributed by atoms with van der Waals surface area (Å²) in [6.07, 6.45) is 0.734. The fourth-order valence-corrected chi connectivity index (χ4v) is 3.14. The van der Waals surface area contributed by atoms with Gasteiger partial charge in [0.2, 0.25) is 0 Å². The lowest BCUT2D eigenvalue weighted by Gasteiger charge is -2.17.